The maximum Gasteiger partial charge on any atom is 0.329 e. The summed E-state index contributed by atoms with van der Waals surface area (Å²) in [6, 6.07) is 9.79. The third-order valence-electron chi connectivity index (χ3n) is 4.26. The van der Waals surface area contributed by atoms with E-state index in [1.165, 1.54) is 12.1 Å². The highest BCUT2D eigenvalue weighted by Gasteiger charge is 2.27. The van der Waals surface area contributed by atoms with Crippen molar-refractivity contribution in [3.05, 3.63) is 68.7 Å². The van der Waals surface area contributed by atoms with Gasteiger partial charge >= 0.3 is 5.97 Å². The van der Waals surface area contributed by atoms with Crippen LogP contribution in [0.4, 0.5) is 0 Å². The number of hydrogen-bond donors (Lipinski definition) is 1. The number of halogens is 2. The number of carbonyl (C=O) groups excluding carboxylic acids is 2. The highest BCUT2D eigenvalue weighted by Crippen LogP contribution is 2.21. The van der Waals surface area contributed by atoms with E-state index < -0.39 is 17.9 Å². The molecule has 0 aromatic heterocycles. The summed E-state index contributed by atoms with van der Waals surface area (Å²) in [5.41, 5.74) is 3.34. The average molecular weight is 408 g/mol. The van der Waals surface area contributed by atoms with E-state index in [9.17, 15) is 9.59 Å². The van der Waals surface area contributed by atoms with Crippen molar-refractivity contribution in [3.8, 4) is 0 Å². The van der Waals surface area contributed by atoms with Crippen LogP contribution in [0.15, 0.2) is 36.4 Å². The minimum absolute atomic E-state index is 0.147. The number of nitrogens with one attached hydrogen (secondary N) is 1. The molecule has 0 unspecified atom stereocenters. The second kappa shape index (κ2) is 9.25. The maximum atomic E-state index is 12.6. The van der Waals surface area contributed by atoms with Gasteiger partial charge in [-0.25, -0.2) is 4.79 Å². The summed E-state index contributed by atoms with van der Waals surface area (Å²) >= 11 is 11.9. The summed E-state index contributed by atoms with van der Waals surface area (Å²) < 4.78 is 5.47. The van der Waals surface area contributed by atoms with Gasteiger partial charge in [0.15, 0.2) is 0 Å². The predicted molar refractivity (Wildman–Crippen MR) is 108 cm³/mol. The van der Waals surface area contributed by atoms with Gasteiger partial charge in [-0.15, -0.1) is 0 Å². The SMILES string of the molecule is Cc1ccc(C)c(COC(=O)[C@@H](NC(=O)c2ccc(Cl)cc2Cl)C(C)C)c1. The molecule has 0 spiro atoms. The van der Waals surface area contributed by atoms with Crippen molar-refractivity contribution in [1.29, 1.82) is 0 Å². The lowest BCUT2D eigenvalue weighted by molar-refractivity contribution is -0.148. The van der Waals surface area contributed by atoms with E-state index >= 15 is 0 Å². The molecule has 0 fully saturated rings. The van der Waals surface area contributed by atoms with Gasteiger partial charge in [-0.3, -0.25) is 4.79 Å². The zero-order valence-corrected chi connectivity index (χ0v) is 17.3. The number of ether oxygens (including phenoxy) is 1. The Morgan fingerprint density at radius 3 is 2.41 bits per heavy atom. The van der Waals surface area contributed by atoms with E-state index in [-0.39, 0.29) is 23.1 Å². The fourth-order valence-electron chi connectivity index (χ4n) is 2.58. The first-order valence-corrected chi connectivity index (χ1v) is 9.43. The summed E-state index contributed by atoms with van der Waals surface area (Å²) in [6.07, 6.45) is 0. The molecule has 2 aromatic carbocycles. The molecule has 4 nitrogen and oxygen atoms in total. The Hall–Kier alpha value is -2.04. The highest BCUT2D eigenvalue weighted by molar-refractivity contribution is 6.36. The number of amides is 1. The zero-order chi connectivity index (χ0) is 20.1. The van der Waals surface area contributed by atoms with Gasteiger partial charge in [-0.05, 0) is 49.1 Å². The topological polar surface area (TPSA) is 55.4 Å². The van der Waals surface area contributed by atoms with Crippen LogP contribution in [-0.2, 0) is 16.1 Å². The Labute approximate surface area is 169 Å². The monoisotopic (exact) mass is 407 g/mol. The van der Waals surface area contributed by atoms with Crippen LogP contribution in [0.5, 0.6) is 0 Å². The smallest absolute Gasteiger partial charge is 0.329 e. The molecule has 1 atom stereocenters. The molecule has 2 aromatic rings. The van der Waals surface area contributed by atoms with E-state index in [1.807, 2.05) is 45.9 Å². The normalized spacial score (nSPS) is 12.0. The van der Waals surface area contributed by atoms with Crippen LogP contribution in [0.1, 0.15) is 40.9 Å². The Morgan fingerprint density at radius 1 is 1.07 bits per heavy atom. The number of carbonyl (C=O) groups is 2. The number of hydrogen-bond acceptors (Lipinski definition) is 3. The van der Waals surface area contributed by atoms with Crippen LogP contribution >= 0.6 is 23.2 Å². The lowest BCUT2D eigenvalue weighted by Gasteiger charge is -2.21. The Bertz CT molecular complexity index is 849. The van der Waals surface area contributed by atoms with Gasteiger partial charge < -0.3 is 10.1 Å². The minimum atomic E-state index is -0.783. The van der Waals surface area contributed by atoms with E-state index in [0.717, 1.165) is 16.7 Å². The zero-order valence-electron chi connectivity index (χ0n) is 15.8. The molecule has 2 rings (SSSR count). The van der Waals surface area contributed by atoms with E-state index in [4.69, 9.17) is 27.9 Å². The fraction of sp³-hybridized carbons (Fsp3) is 0.333. The van der Waals surface area contributed by atoms with Crippen LogP contribution in [-0.4, -0.2) is 17.9 Å². The molecule has 1 amide bonds. The summed E-state index contributed by atoms with van der Waals surface area (Å²) in [7, 11) is 0. The van der Waals surface area contributed by atoms with Gasteiger partial charge in [0.25, 0.3) is 5.91 Å². The minimum Gasteiger partial charge on any atom is -0.459 e. The van der Waals surface area contributed by atoms with Gasteiger partial charge in [0.1, 0.15) is 12.6 Å². The molecule has 0 aliphatic rings. The number of benzene rings is 2. The maximum absolute atomic E-state index is 12.6. The van der Waals surface area contributed by atoms with Crippen molar-refractivity contribution < 1.29 is 14.3 Å². The van der Waals surface area contributed by atoms with E-state index in [2.05, 4.69) is 5.32 Å². The van der Waals surface area contributed by atoms with Gasteiger partial charge in [0.2, 0.25) is 0 Å². The lowest BCUT2D eigenvalue weighted by atomic mass is 10.0. The van der Waals surface area contributed by atoms with Crippen LogP contribution < -0.4 is 5.32 Å². The van der Waals surface area contributed by atoms with Crippen molar-refractivity contribution in [2.75, 3.05) is 0 Å². The molecule has 0 saturated carbocycles. The summed E-state index contributed by atoms with van der Waals surface area (Å²) in [5, 5.41) is 3.38. The summed E-state index contributed by atoms with van der Waals surface area (Å²) in [4.78, 5) is 25.1. The molecule has 0 radical (unpaired) electrons. The molecule has 0 saturated heterocycles. The lowest BCUT2D eigenvalue weighted by Crippen LogP contribution is -2.45. The van der Waals surface area contributed by atoms with Crippen molar-refractivity contribution in [1.82, 2.24) is 5.32 Å². The van der Waals surface area contributed by atoms with Crippen molar-refractivity contribution in [2.24, 2.45) is 5.92 Å². The number of rotatable bonds is 6. The molecule has 27 heavy (non-hydrogen) atoms. The molecular formula is C21H23Cl2NO3. The Balaban J connectivity index is 2.08. The van der Waals surface area contributed by atoms with E-state index in [1.54, 1.807) is 6.07 Å². The molecule has 0 heterocycles. The quantitative estimate of drug-likeness (QED) is 0.676. The van der Waals surface area contributed by atoms with Crippen LogP contribution in [0, 0.1) is 19.8 Å². The number of esters is 1. The van der Waals surface area contributed by atoms with Crippen molar-refractivity contribution in [3.63, 3.8) is 0 Å². The molecular weight excluding hydrogens is 385 g/mol. The van der Waals surface area contributed by atoms with Crippen LogP contribution in [0.2, 0.25) is 10.0 Å². The van der Waals surface area contributed by atoms with E-state index in [0.29, 0.717) is 5.02 Å². The van der Waals surface area contributed by atoms with Gasteiger partial charge in [0.05, 0.1) is 10.6 Å². The largest absolute Gasteiger partial charge is 0.459 e. The molecule has 1 N–H and O–H groups in total. The Kier molecular flexibility index (Phi) is 7.28. The van der Waals surface area contributed by atoms with Crippen molar-refractivity contribution >= 4 is 35.1 Å². The molecule has 0 aliphatic carbocycles. The van der Waals surface area contributed by atoms with Gasteiger partial charge in [0, 0.05) is 5.02 Å². The van der Waals surface area contributed by atoms with Gasteiger partial charge in [-0.2, -0.15) is 0 Å². The second-order valence-corrected chi connectivity index (χ2v) is 7.70. The van der Waals surface area contributed by atoms with Crippen molar-refractivity contribution in [2.45, 2.75) is 40.3 Å². The first-order valence-electron chi connectivity index (χ1n) is 8.67. The summed E-state index contributed by atoms with van der Waals surface area (Å²) in [6.45, 7) is 7.79. The van der Waals surface area contributed by atoms with Gasteiger partial charge in [-0.1, -0.05) is 60.8 Å². The fourth-order valence-corrected chi connectivity index (χ4v) is 3.08. The predicted octanol–water partition coefficient (Wildman–Crippen LogP) is 5.11. The summed E-state index contributed by atoms with van der Waals surface area (Å²) in [5.74, 6) is -1.07. The number of aryl methyl sites for hydroxylation is 2. The third-order valence-corrected chi connectivity index (χ3v) is 4.81. The average Bonchev–Trinajstić information content (AvgIpc) is 2.59. The third kappa shape index (κ3) is 5.72. The molecule has 0 bridgehead atoms. The Morgan fingerprint density at radius 2 is 1.78 bits per heavy atom. The standard InChI is InChI=1S/C21H23Cl2NO3/c1-12(2)19(24-20(25)17-8-7-16(22)10-18(17)23)21(26)27-11-15-9-13(3)5-6-14(15)4/h5-10,12,19H,11H2,1-4H3,(H,24,25)/t19-/m0/s1. The second-order valence-electron chi connectivity index (χ2n) is 6.86. The highest BCUT2D eigenvalue weighted by atomic mass is 35.5. The molecule has 6 heteroatoms. The van der Waals surface area contributed by atoms with Crippen LogP contribution in [0.3, 0.4) is 0 Å². The first kappa shape index (κ1) is 21.3. The first-order chi connectivity index (χ1) is 12.7. The van der Waals surface area contributed by atoms with Crippen LogP contribution in [0.25, 0.3) is 0 Å². The molecule has 144 valence electrons. The molecule has 0 aliphatic heterocycles.